The van der Waals surface area contributed by atoms with Crippen molar-refractivity contribution in [3.63, 3.8) is 0 Å². The molecule has 6 heteroatoms. The zero-order valence-electron chi connectivity index (χ0n) is 10.7. The third-order valence-electron chi connectivity index (χ3n) is 2.72. The van der Waals surface area contributed by atoms with E-state index in [1.165, 1.54) is 12.1 Å². The van der Waals surface area contributed by atoms with Gasteiger partial charge in [-0.15, -0.1) is 0 Å². The molecule has 0 aliphatic heterocycles. The number of hydrogen-bond acceptors (Lipinski definition) is 3. The molecule has 1 unspecified atom stereocenters. The van der Waals surface area contributed by atoms with Gasteiger partial charge in [0.25, 0.3) is 0 Å². The van der Waals surface area contributed by atoms with E-state index in [1.807, 2.05) is 13.0 Å². The number of rotatable bonds is 5. The van der Waals surface area contributed by atoms with E-state index >= 15 is 0 Å². The van der Waals surface area contributed by atoms with Crippen LogP contribution in [0.1, 0.15) is 18.5 Å². The van der Waals surface area contributed by atoms with Crippen molar-refractivity contribution < 1.29 is 13.5 Å². The van der Waals surface area contributed by atoms with Gasteiger partial charge in [0.05, 0.1) is 11.9 Å². The Balaban J connectivity index is 2.01. The number of hydrogen-bond donors (Lipinski definition) is 1. The van der Waals surface area contributed by atoms with Crippen LogP contribution in [0.15, 0.2) is 42.6 Å². The van der Waals surface area contributed by atoms with E-state index in [1.54, 1.807) is 24.4 Å². The van der Waals surface area contributed by atoms with E-state index in [0.717, 1.165) is 11.3 Å². The molecule has 3 nitrogen and oxygen atoms in total. The third-order valence-corrected chi connectivity index (χ3v) is 2.94. The number of pyridine rings is 1. The average molecular weight is 299 g/mol. The molecule has 106 valence electrons. The standard InChI is InChI=1S/C14H13ClF2N2O/c1-9(19-11-4-7-13(15)18-8-11)10-2-5-12(6-3-10)20-14(16)17/h2-9,14,19H,1H3. The van der Waals surface area contributed by atoms with Crippen LogP contribution in [0.2, 0.25) is 5.15 Å². The predicted octanol–water partition coefficient (Wildman–Crippen LogP) is 4.51. The van der Waals surface area contributed by atoms with E-state index in [4.69, 9.17) is 11.6 Å². The van der Waals surface area contributed by atoms with Gasteiger partial charge in [0, 0.05) is 6.04 Å². The van der Waals surface area contributed by atoms with Gasteiger partial charge in [0.15, 0.2) is 0 Å². The second-order valence-electron chi connectivity index (χ2n) is 4.18. The summed E-state index contributed by atoms with van der Waals surface area (Å²) < 4.78 is 28.4. The fourth-order valence-electron chi connectivity index (χ4n) is 1.73. The van der Waals surface area contributed by atoms with E-state index in [-0.39, 0.29) is 11.8 Å². The highest BCUT2D eigenvalue weighted by atomic mass is 35.5. The molecule has 0 aliphatic rings. The lowest BCUT2D eigenvalue weighted by atomic mass is 10.1. The molecule has 1 N–H and O–H groups in total. The molecule has 1 aromatic carbocycles. The van der Waals surface area contributed by atoms with Crippen molar-refractivity contribution in [2.45, 2.75) is 19.6 Å². The first-order valence-corrected chi connectivity index (χ1v) is 6.35. The van der Waals surface area contributed by atoms with Crippen LogP contribution in [-0.2, 0) is 0 Å². The van der Waals surface area contributed by atoms with Gasteiger partial charge in [-0.2, -0.15) is 8.78 Å². The van der Waals surface area contributed by atoms with Crippen LogP contribution in [0, 0.1) is 0 Å². The number of nitrogens with one attached hydrogen (secondary N) is 1. The number of anilines is 1. The molecule has 0 radical (unpaired) electrons. The van der Waals surface area contributed by atoms with Gasteiger partial charge in [-0.1, -0.05) is 23.7 Å². The van der Waals surface area contributed by atoms with Gasteiger partial charge in [0.2, 0.25) is 0 Å². The lowest BCUT2D eigenvalue weighted by Crippen LogP contribution is -2.07. The fourth-order valence-corrected chi connectivity index (χ4v) is 1.84. The molecule has 2 rings (SSSR count). The van der Waals surface area contributed by atoms with Gasteiger partial charge >= 0.3 is 6.61 Å². The van der Waals surface area contributed by atoms with Crippen molar-refractivity contribution >= 4 is 17.3 Å². The van der Waals surface area contributed by atoms with E-state index < -0.39 is 6.61 Å². The molecular formula is C14H13ClF2N2O. The molecule has 0 fully saturated rings. The molecule has 0 saturated heterocycles. The largest absolute Gasteiger partial charge is 0.435 e. The number of aromatic nitrogens is 1. The molecule has 1 atom stereocenters. The second-order valence-corrected chi connectivity index (χ2v) is 4.57. The van der Waals surface area contributed by atoms with Crippen LogP contribution in [-0.4, -0.2) is 11.6 Å². The Labute approximate surface area is 120 Å². The quantitative estimate of drug-likeness (QED) is 0.825. The predicted molar refractivity (Wildman–Crippen MR) is 74.4 cm³/mol. The number of benzene rings is 1. The van der Waals surface area contributed by atoms with Gasteiger partial charge in [-0.3, -0.25) is 0 Å². The maximum atomic E-state index is 12.0. The summed E-state index contributed by atoms with van der Waals surface area (Å²) in [5.74, 6) is 0.143. The number of halogens is 3. The van der Waals surface area contributed by atoms with Crippen LogP contribution < -0.4 is 10.1 Å². The summed E-state index contributed by atoms with van der Waals surface area (Å²) in [5, 5.41) is 3.66. The Morgan fingerprint density at radius 2 is 1.85 bits per heavy atom. The smallest absolute Gasteiger partial charge is 0.387 e. The number of alkyl halides is 2. The molecule has 0 aliphatic carbocycles. The van der Waals surface area contributed by atoms with Gasteiger partial charge in [-0.25, -0.2) is 4.98 Å². The van der Waals surface area contributed by atoms with Crippen molar-refractivity contribution in [2.24, 2.45) is 0 Å². The summed E-state index contributed by atoms with van der Waals surface area (Å²) in [6, 6.07) is 10.0. The van der Waals surface area contributed by atoms with Crippen LogP contribution in [0.4, 0.5) is 14.5 Å². The first-order valence-electron chi connectivity index (χ1n) is 5.97. The molecule has 0 spiro atoms. The topological polar surface area (TPSA) is 34.2 Å². The maximum absolute atomic E-state index is 12.0. The zero-order valence-corrected chi connectivity index (χ0v) is 11.4. The average Bonchev–Trinajstić information content (AvgIpc) is 2.41. The fraction of sp³-hybridized carbons (Fsp3) is 0.214. The van der Waals surface area contributed by atoms with Crippen molar-refractivity contribution in [1.82, 2.24) is 4.98 Å². The Hall–Kier alpha value is -1.88. The lowest BCUT2D eigenvalue weighted by Gasteiger charge is -2.16. The minimum Gasteiger partial charge on any atom is -0.435 e. The minimum atomic E-state index is -2.81. The monoisotopic (exact) mass is 298 g/mol. The molecule has 0 bridgehead atoms. The number of nitrogens with zero attached hydrogens (tertiary/aromatic N) is 1. The summed E-state index contributed by atoms with van der Waals surface area (Å²) in [5.41, 5.74) is 1.77. The summed E-state index contributed by atoms with van der Waals surface area (Å²) >= 11 is 5.71. The Bertz CT molecular complexity index is 546. The van der Waals surface area contributed by atoms with Crippen LogP contribution in [0.5, 0.6) is 5.75 Å². The van der Waals surface area contributed by atoms with E-state index in [2.05, 4.69) is 15.0 Å². The first kappa shape index (κ1) is 14.5. The van der Waals surface area contributed by atoms with Crippen molar-refractivity contribution in [3.05, 3.63) is 53.3 Å². The molecule has 1 heterocycles. The highest BCUT2D eigenvalue weighted by Crippen LogP contribution is 2.22. The first-order chi connectivity index (χ1) is 9.54. The van der Waals surface area contributed by atoms with Gasteiger partial charge in [-0.05, 0) is 36.8 Å². The maximum Gasteiger partial charge on any atom is 0.387 e. The van der Waals surface area contributed by atoms with Crippen molar-refractivity contribution in [3.8, 4) is 5.75 Å². The zero-order chi connectivity index (χ0) is 14.5. The SMILES string of the molecule is CC(Nc1ccc(Cl)nc1)c1ccc(OC(F)F)cc1. The Morgan fingerprint density at radius 3 is 2.40 bits per heavy atom. The van der Waals surface area contributed by atoms with E-state index in [9.17, 15) is 8.78 Å². The highest BCUT2D eigenvalue weighted by molar-refractivity contribution is 6.29. The summed E-state index contributed by atoms with van der Waals surface area (Å²) in [6.45, 7) is -0.853. The Morgan fingerprint density at radius 1 is 1.15 bits per heavy atom. The molecule has 0 amide bonds. The molecule has 2 aromatic rings. The molecular weight excluding hydrogens is 286 g/mol. The normalized spacial score (nSPS) is 12.2. The van der Waals surface area contributed by atoms with Crippen molar-refractivity contribution in [1.29, 1.82) is 0 Å². The molecule has 20 heavy (non-hydrogen) atoms. The lowest BCUT2D eigenvalue weighted by molar-refractivity contribution is -0.0498. The van der Waals surface area contributed by atoms with Gasteiger partial charge < -0.3 is 10.1 Å². The van der Waals surface area contributed by atoms with Crippen LogP contribution >= 0.6 is 11.6 Å². The van der Waals surface area contributed by atoms with Crippen molar-refractivity contribution in [2.75, 3.05) is 5.32 Å². The van der Waals surface area contributed by atoms with E-state index in [0.29, 0.717) is 5.15 Å². The minimum absolute atomic E-state index is 0.00132. The summed E-state index contributed by atoms with van der Waals surface area (Å²) in [4.78, 5) is 3.97. The highest BCUT2D eigenvalue weighted by Gasteiger charge is 2.08. The summed E-state index contributed by atoms with van der Waals surface area (Å²) in [7, 11) is 0. The summed E-state index contributed by atoms with van der Waals surface area (Å²) in [6.07, 6.45) is 1.63. The third kappa shape index (κ3) is 4.06. The Kier molecular flexibility index (Phi) is 4.74. The molecule has 0 saturated carbocycles. The van der Waals surface area contributed by atoms with Gasteiger partial charge in [0.1, 0.15) is 10.9 Å². The number of ether oxygens (including phenoxy) is 1. The van der Waals surface area contributed by atoms with Crippen LogP contribution in [0.3, 0.4) is 0 Å². The second kappa shape index (κ2) is 6.52. The molecule has 1 aromatic heterocycles. The van der Waals surface area contributed by atoms with Crippen LogP contribution in [0.25, 0.3) is 0 Å².